The zero-order chi connectivity index (χ0) is 30.1. The Labute approximate surface area is 247 Å². The molecule has 6 nitrogen and oxygen atoms in total. The molecular weight excluding hydrogens is 522 g/mol. The molecule has 0 aliphatic heterocycles. The van der Waals surface area contributed by atoms with Gasteiger partial charge in [-0.3, -0.25) is 9.59 Å². The summed E-state index contributed by atoms with van der Waals surface area (Å²) in [5.74, 6) is 0.312. The van der Waals surface area contributed by atoms with Crippen LogP contribution in [0.2, 0.25) is 0 Å². The van der Waals surface area contributed by atoms with Crippen molar-refractivity contribution in [3.63, 3.8) is 0 Å². The van der Waals surface area contributed by atoms with Gasteiger partial charge >= 0.3 is 0 Å². The molecule has 0 aliphatic carbocycles. The van der Waals surface area contributed by atoms with Gasteiger partial charge in [-0.25, -0.2) is 0 Å². The number of hydrogen-bond acceptors (Lipinski definition) is 3. The molecule has 0 atom stereocenters. The SMILES string of the molecule is CC(C)(C)c1ccc(Cn2c(C(=O)NCc3ccco3)cc3cc(NC(=O)c4ccc(C(C)(C)C)cc4)ccc32)cc1. The first-order valence-corrected chi connectivity index (χ1v) is 14.3. The molecule has 5 aromatic rings. The highest BCUT2D eigenvalue weighted by atomic mass is 16.3. The molecule has 0 spiro atoms. The normalized spacial score (nSPS) is 12.0. The number of anilines is 1. The Hall–Kier alpha value is -4.58. The number of fused-ring (bicyclic) bond motifs is 1. The van der Waals surface area contributed by atoms with Crippen molar-refractivity contribution >= 4 is 28.4 Å². The molecule has 2 heterocycles. The monoisotopic (exact) mass is 561 g/mol. The van der Waals surface area contributed by atoms with Crippen molar-refractivity contribution in [3.05, 3.63) is 125 Å². The number of nitrogens with zero attached hydrogens (tertiary/aromatic N) is 1. The van der Waals surface area contributed by atoms with Crippen LogP contribution in [0.15, 0.2) is 95.6 Å². The minimum Gasteiger partial charge on any atom is -0.467 e. The maximum absolute atomic E-state index is 13.4. The number of carbonyl (C=O) groups excluding carboxylic acids is 2. The minimum atomic E-state index is -0.196. The maximum atomic E-state index is 13.4. The largest absolute Gasteiger partial charge is 0.467 e. The third-order valence-corrected chi connectivity index (χ3v) is 7.57. The second-order valence-corrected chi connectivity index (χ2v) is 12.9. The molecule has 6 heteroatoms. The third kappa shape index (κ3) is 6.49. The summed E-state index contributed by atoms with van der Waals surface area (Å²) in [6.07, 6.45) is 1.59. The molecule has 0 aliphatic rings. The van der Waals surface area contributed by atoms with E-state index in [9.17, 15) is 9.59 Å². The highest BCUT2D eigenvalue weighted by Gasteiger charge is 2.19. The van der Waals surface area contributed by atoms with E-state index >= 15 is 0 Å². The predicted octanol–water partition coefficient (Wildman–Crippen LogP) is 8.06. The summed E-state index contributed by atoms with van der Waals surface area (Å²) in [4.78, 5) is 26.4. The zero-order valence-corrected chi connectivity index (χ0v) is 25.2. The lowest BCUT2D eigenvalue weighted by molar-refractivity contribution is 0.0939. The number of rotatable bonds is 7. The summed E-state index contributed by atoms with van der Waals surface area (Å²) in [6.45, 7) is 13.9. The van der Waals surface area contributed by atoms with Gasteiger partial charge < -0.3 is 19.6 Å². The third-order valence-electron chi connectivity index (χ3n) is 7.57. The van der Waals surface area contributed by atoms with Crippen LogP contribution in [0.25, 0.3) is 10.9 Å². The van der Waals surface area contributed by atoms with Gasteiger partial charge in [0.1, 0.15) is 11.5 Å². The van der Waals surface area contributed by atoms with Crippen LogP contribution < -0.4 is 10.6 Å². The molecule has 42 heavy (non-hydrogen) atoms. The van der Waals surface area contributed by atoms with E-state index in [2.05, 4.69) is 76.4 Å². The molecule has 0 unspecified atom stereocenters. The van der Waals surface area contributed by atoms with Crippen molar-refractivity contribution in [2.75, 3.05) is 5.32 Å². The topological polar surface area (TPSA) is 76.3 Å². The number of hydrogen-bond donors (Lipinski definition) is 2. The maximum Gasteiger partial charge on any atom is 0.268 e. The van der Waals surface area contributed by atoms with Crippen LogP contribution in [0.5, 0.6) is 0 Å². The summed E-state index contributed by atoms with van der Waals surface area (Å²) in [5, 5.41) is 6.86. The number of amides is 2. The second kappa shape index (κ2) is 11.4. The van der Waals surface area contributed by atoms with Crippen molar-refractivity contribution in [1.29, 1.82) is 0 Å². The van der Waals surface area contributed by atoms with Crippen molar-refractivity contribution < 1.29 is 14.0 Å². The first-order chi connectivity index (χ1) is 19.9. The average molecular weight is 562 g/mol. The van der Waals surface area contributed by atoms with E-state index in [4.69, 9.17) is 4.42 Å². The van der Waals surface area contributed by atoms with Crippen LogP contribution in [-0.2, 0) is 23.9 Å². The first-order valence-electron chi connectivity index (χ1n) is 14.3. The summed E-state index contributed by atoms with van der Waals surface area (Å²) in [6, 6.07) is 27.5. The Morgan fingerprint density at radius 3 is 2.00 bits per heavy atom. The fraction of sp³-hybridized carbons (Fsp3) is 0.278. The Morgan fingerprint density at radius 1 is 0.762 bits per heavy atom. The van der Waals surface area contributed by atoms with Gasteiger partial charge in [0.25, 0.3) is 11.8 Å². The van der Waals surface area contributed by atoms with E-state index in [0.29, 0.717) is 35.8 Å². The fourth-order valence-electron chi connectivity index (χ4n) is 5.00. The smallest absolute Gasteiger partial charge is 0.268 e. The van der Waals surface area contributed by atoms with E-state index in [1.54, 1.807) is 12.3 Å². The van der Waals surface area contributed by atoms with Crippen LogP contribution in [-0.4, -0.2) is 16.4 Å². The van der Waals surface area contributed by atoms with E-state index in [1.165, 1.54) is 11.1 Å². The van der Waals surface area contributed by atoms with Gasteiger partial charge in [-0.1, -0.05) is 77.9 Å². The molecule has 0 bridgehead atoms. The van der Waals surface area contributed by atoms with E-state index < -0.39 is 0 Å². The van der Waals surface area contributed by atoms with E-state index in [1.807, 2.05) is 59.2 Å². The average Bonchev–Trinajstić information content (AvgIpc) is 3.59. The quantitative estimate of drug-likeness (QED) is 0.211. The second-order valence-electron chi connectivity index (χ2n) is 12.9. The lowest BCUT2D eigenvalue weighted by Crippen LogP contribution is -2.25. The Kier molecular flexibility index (Phi) is 7.83. The molecule has 5 rings (SSSR count). The van der Waals surface area contributed by atoms with Crippen molar-refractivity contribution in [2.24, 2.45) is 0 Å². The number of carbonyl (C=O) groups is 2. The number of benzene rings is 3. The summed E-state index contributed by atoms with van der Waals surface area (Å²) >= 11 is 0. The zero-order valence-electron chi connectivity index (χ0n) is 25.2. The van der Waals surface area contributed by atoms with Crippen LogP contribution in [0, 0.1) is 0 Å². The van der Waals surface area contributed by atoms with E-state index in [0.717, 1.165) is 16.5 Å². The first kappa shape index (κ1) is 28.9. The molecule has 2 N–H and O–H groups in total. The van der Waals surface area contributed by atoms with Gasteiger partial charge in [-0.15, -0.1) is 0 Å². The summed E-state index contributed by atoms with van der Waals surface area (Å²) in [7, 11) is 0. The fourth-order valence-corrected chi connectivity index (χ4v) is 5.00. The summed E-state index contributed by atoms with van der Waals surface area (Å²) in [5.41, 5.74) is 6.31. The van der Waals surface area contributed by atoms with Gasteiger partial charge in [0.05, 0.1) is 12.8 Å². The van der Waals surface area contributed by atoms with E-state index in [-0.39, 0.29) is 22.6 Å². The number of aromatic nitrogens is 1. The summed E-state index contributed by atoms with van der Waals surface area (Å²) < 4.78 is 7.42. The molecule has 0 saturated carbocycles. The van der Waals surface area contributed by atoms with Gasteiger partial charge in [0.15, 0.2) is 0 Å². The highest BCUT2D eigenvalue weighted by Crippen LogP contribution is 2.28. The highest BCUT2D eigenvalue weighted by molar-refractivity contribution is 6.06. The predicted molar refractivity (Wildman–Crippen MR) is 169 cm³/mol. The lowest BCUT2D eigenvalue weighted by Gasteiger charge is -2.19. The minimum absolute atomic E-state index is 0.0176. The van der Waals surface area contributed by atoms with Gasteiger partial charge in [-0.2, -0.15) is 0 Å². The molecular formula is C36H39N3O3. The molecule has 0 saturated heterocycles. The molecule has 216 valence electrons. The van der Waals surface area contributed by atoms with Gasteiger partial charge in [-0.05, 0) is 76.1 Å². The van der Waals surface area contributed by atoms with Crippen LogP contribution in [0.4, 0.5) is 5.69 Å². The van der Waals surface area contributed by atoms with Gasteiger partial charge in [0.2, 0.25) is 0 Å². The van der Waals surface area contributed by atoms with Crippen molar-refractivity contribution in [3.8, 4) is 0 Å². The lowest BCUT2D eigenvalue weighted by atomic mass is 9.86. The van der Waals surface area contributed by atoms with Gasteiger partial charge in [0, 0.05) is 28.7 Å². The molecule has 0 fully saturated rings. The Balaban J connectivity index is 1.43. The number of nitrogens with one attached hydrogen (secondary N) is 2. The number of furan rings is 1. The molecule has 0 radical (unpaired) electrons. The van der Waals surface area contributed by atoms with Crippen molar-refractivity contribution in [1.82, 2.24) is 9.88 Å². The van der Waals surface area contributed by atoms with Crippen molar-refractivity contribution in [2.45, 2.75) is 65.5 Å². The Morgan fingerprint density at radius 2 is 1.40 bits per heavy atom. The molecule has 2 amide bonds. The molecule has 2 aromatic heterocycles. The van der Waals surface area contributed by atoms with Crippen LogP contribution in [0.3, 0.4) is 0 Å². The van der Waals surface area contributed by atoms with Crippen LogP contribution in [0.1, 0.15) is 84.8 Å². The molecule has 3 aromatic carbocycles. The standard InChI is InChI=1S/C36H39N3O3/c1-35(2,3)27-13-9-24(10-14-27)23-39-31-18-17-29(38-33(40)25-11-15-28(16-12-25)36(4,5)6)20-26(31)21-32(39)34(41)37-22-30-8-7-19-42-30/h7-21H,22-23H2,1-6H3,(H,37,41)(H,38,40). The Bertz CT molecular complexity index is 1700. The van der Waals surface area contributed by atoms with Crippen LogP contribution >= 0.6 is 0 Å².